The Hall–Kier alpha value is -1.97. The molecule has 3 nitrogen and oxygen atoms in total. The number of carbonyl (C=O) groups excluding carboxylic acids is 1. The van der Waals surface area contributed by atoms with Crippen LogP contribution in [-0.2, 0) is 13.5 Å². The lowest BCUT2D eigenvalue weighted by Crippen LogP contribution is -2.03. The minimum Gasteiger partial charge on any atom is -0.340 e. The predicted molar refractivity (Wildman–Crippen MR) is 57.6 cm³/mol. The second-order valence-electron chi connectivity index (χ2n) is 3.65. The van der Waals surface area contributed by atoms with Crippen molar-refractivity contribution in [1.29, 1.82) is 0 Å². The first-order valence-corrected chi connectivity index (χ1v) is 4.91. The Morgan fingerprint density at radius 2 is 2.06 bits per heavy atom. The molecule has 16 heavy (non-hydrogen) atoms. The Balaban J connectivity index is 2.10. The van der Waals surface area contributed by atoms with Crippen molar-refractivity contribution in [1.82, 2.24) is 9.55 Å². The predicted octanol–water partition coefficient (Wildman–Crippen LogP) is 1.98. The number of imidazole rings is 1. The average Bonchev–Trinajstić information content (AvgIpc) is 2.68. The maximum atomic E-state index is 12.6. The van der Waals surface area contributed by atoms with Crippen molar-refractivity contribution in [3.05, 3.63) is 53.9 Å². The highest BCUT2D eigenvalue weighted by molar-refractivity contribution is 5.95. The Kier molecular flexibility index (Phi) is 2.81. The van der Waals surface area contributed by atoms with Gasteiger partial charge in [-0.05, 0) is 17.7 Å². The Morgan fingerprint density at radius 1 is 1.38 bits per heavy atom. The summed E-state index contributed by atoms with van der Waals surface area (Å²) < 4.78 is 14.4. The molecule has 1 aromatic carbocycles. The van der Waals surface area contributed by atoms with E-state index in [-0.39, 0.29) is 18.0 Å². The summed E-state index contributed by atoms with van der Waals surface area (Å²) in [4.78, 5) is 15.7. The number of rotatable bonds is 3. The summed E-state index contributed by atoms with van der Waals surface area (Å²) in [6.07, 6.45) is 3.50. The van der Waals surface area contributed by atoms with Crippen molar-refractivity contribution in [3.8, 4) is 0 Å². The van der Waals surface area contributed by atoms with E-state index in [1.807, 2.05) is 7.05 Å². The van der Waals surface area contributed by atoms with Crippen LogP contribution in [0.5, 0.6) is 0 Å². The summed E-state index contributed by atoms with van der Waals surface area (Å²) in [5.41, 5.74) is 1.23. The largest absolute Gasteiger partial charge is 0.340 e. The third kappa shape index (κ3) is 2.34. The third-order valence-corrected chi connectivity index (χ3v) is 2.27. The van der Waals surface area contributed by atoms with Gasteiger partial charge in [0, 0.05) is 19.7 Å². The van der Waals surface area contributed by atoms with Crippen molar-refractivity contribution >= 4 is 5.78 Å². The van der Waals surface area contributed by atoms with E-state index >= 15 is 0 Å². The Bertz CT molecular complexity index is 502. The fourth-order valence-corrected chi connectivity index (χ4v) is 1.44. The fraction of sp³-hybridized carbons (Fsp3) is 0.167. The highest BCUT2D eigenvalue weighted by atomic mass is 19.1. The van der Waals surface area contributed by atoms with Gasteiger partial charge in [-0.2, -0.15) is 0 Å². The van der Waals surface area contributed by atoms with Crippen LogP contribution >= 0.6 is 0 Å². The maximum absolute atomic E-state index is 12.6. The van der Waals surface area contributed by atoms with Gasteiger partial charge >= 0.3 is 0 Å². The zero-order valence-electron chi connectivity index (χ0n) is 8.85. The number of nitrogens with zero attached hydrogens (tertiary/aromatic N) is 2. The Morgan fingerprint density at radius 3 is 2.62 bits per heavy atom. The second-order valence-corrected chi connectivity index (χ2v) is 3.65. The molecule has 2 aromatic rings. The zero-order valence-corrected chi connectivity index (χ0v) is 8.85. The van der Waals surface area contributed by atoms with E-state index in [9.17, 15) is 9.18 Å². The van der Waals surface area contributed by atoms with Crippen LogP contribution in [0, 0.1) is 5.82 Å². The van der Waals surface area contributed by atoms with Crippen LogP contribution in [0.25, 0.3) is 0 Å². The van der Waals surface area contributed by atoms with Gasteiger partial charge in [0.05, 0.1) is 6.33 Å². The monoisotopic (exact) mass is 218 g/mol. The quantitative estimate of drug-likeness (QED) is 0.738. The van der Waals surface area contributed by atoms with E-state index in [0.717, 1.165) is 5.56 Å². The first-order valence-electron chi connectivity index (χ1n) is 4.91. The zero-order chi connectivity index (χ0) is 11.5. The molecule has 1 heterocycles. The molecule has 0 fully saturated rings. The number of aryl methyl sites for hydroxylation is 1. The van der Waals surface area contributed by atoms with Gasteiger partial charge in [0.15, 0.2) is 5.78 Å². The molecule has 82 valence electrons. The van der Waals surface area contributed by atoms with Crippen molar-refractivity contribution in [2.75, 3.05) is 0 Å². The minimum absolute atomic E-state index is 0.0628. The summed E-state index contributed by atoms with van der Waals surface area (Å²) in [7, 11) is 1.81. The first-order chi connectivity index (χ1) is 7.65. The topological polar surface area (TPSA) is 34.9 Å². The first kappa shape index (κ1) is 10.5. The number of aromatic nitrogens is 2. The molecule has 0 spiro atoms. The van der Waals surface area contributed by atoms with Gasteiger partial charge in [-0.1, -0.05) is 12.1 Å². The highest BCUT2D eigenvalue weighted by Gasteiger charge is 2.09. The van der Waals surface area contributed by atoms with Crippen LogP contribution in [0.15, 0.2) is 36.8 Å². The lowest BCUT2D eigenvalue weighted by atomic mass is 10.1. The lowest BCUT2D eigenvalue weighted by Gasteiger charge is -1.98. The molecule has 0 unspecified atom stereocenters. The molecule has 0 saturated carbocycles. The molecule has 2 rings (SSSR count). The molecule has 0 aliphatic rings. The van der Waals surface area contributed by atoms with Crippen LogP contribution in [0.2, 0.25) is 0 Å². The van der Waals surface area contributed by atoms with E-state index in [4.69, 9.17) is 0 Å². The number of halogens is 1. The van der Waals surface area contributed by atoms with Gasteiger partial charge in [0.25, 0.3) is 0 Å². The minimum atomic E-state index is -0.297. The molecule has 0 atom stereocenters. The highest BCUT2D eigenvalue weighted by Crippen LogP contribution is 2.07. The van der Waals surface area contributed by atoms with Gasteiger partial charge in [-0.25, -0.2) is 9.37 Å². The molecule has 4 heteroatoms. The molecule has 0 N–H and O–H groups in total. The summed E-state index contributed by atoms with van der Waals surface area (Å²) >= 11 is 0. The van der Waals surface area contributed by atoms with Crippen LogP contribution in [-0.4, -0.2) is 15.3 Å². The Labute approximate surface area is 92.5 Å². The number of hydrogen-bond donors (Lipinski definition) is 0. The van der Waals surface area contributed by atoms with Crippen molar-refractivity contribution in [3.63, 3.8) is 0 Å². The number of ketones is 1. The van der Waals surface area contributed by atoms with Crippen LogP contribution in [0.1, 0.15) is 16.1 Å². The van der Waals surface area contributed by atoms with Crippen molar-refractivity contribution in [2.45, 2.75) is 6.42 Å². The molecule has 0 aliphatic heterocycles. The molecule has 1 aromatic heterocycles. The standard InChI is InChI=1S/C12H11FN2O/c1-15-7-11(14-8-15)12(16)6-9-2-4-10(13)5-3-9/h2-5,7-8H,6H2,1H3. The van der Waals surface area contributed by atoms with Gasteiger partial charge in [0.2, 0.25) is 0 Å². The number of Topliss-reactive ketones (excluding diaryl/α,β-unsaturated/α-hetero) is 1. The van der Waals surface area contributed by atoms with Gasteiger partial charge in [-0.15, -0.1) is 0 Å². The van der Waals surface area contributed by atoms with Crippen molar-refractivity contribution in [2.24, 2.45) is 7.05 Å². The maximum Gasteiger partial charge on any atom is 0.187 e. The van der Waals surface area contributed by atoms with E-state index in [2.05, 4.69) is 4.98 Å². The average molecular weight is 218 g/mol. The SMILES string of the molecule is Cn1cnc(C(=O)Cc2ccc(F)cc2)c1. The van der Waals surface area contributed by atoms with E-state index in [1.165, 1.54) is 12.1 Å². The lowest BCUT2D eigenvalue weighted by molar-refractivity contribution is 0.0988. The molecule has 0 radical (unpaired) electrons. The fourth-order valence-electron chi connectivity index (χ4n) is 1.44. The number of hydrogen-bond acceptors (Lipinski definition) is 2. The number of carbonyl (C=O) groups is 1. The second kappa shape index (κ2) is 4.26. The van der Waals surface area contributed by atoms with Gasteiger partial charge in [-0.3, -0.25) is 4.79 Å². The van der Waals surface area contributed by atoms with E-state index in [0.29, 0.717) is 5.69 Å². The van der Waals surface area contributed by atoms with Crippen LogP contribution in [0.3, 0.4) is 0 Å². The number of benzene rings is 1. The van der Waals surface area contributed by atoms with Crippen LogP contribution in [0.4, 0.5) is 4.39 Å². The van der Waals surface area contributed by atoms with Gasteiger partial charge in [0.1, 0.15) is 11.5 Å². The molecule has 0 amide bonds. The summed E-state index contributed by atoms with van der Waals surface area (Å²) in [5, 5.41) is 0. The third-order valence-electron chi connectivity index (χ3n) is 2.27. The summed E-state index contributed by atoms with van der Waals surface area (Å²) in [6.45, 7) is 0. The molecular formula is C12H11FN2O. The van der Waals surface area contributed by atoms with E-state index in [1.54, 1.807) is 29.2 Å². The van der Waals surface area contributed by atoms with Gasteiger partial charge < -0.3 is 4.57 Å². The molecular weight excluding hydrogens is 207 g/mol. The smallest absolute Gasteiger partial charge is 0.187 e. The van der Waals surface area contributed by atoms with E-state index < -0.39 is 0 Å². The van der Waals surface area contributed by atoms with Crippen molar-refractivity contribution < 1.29 is 9.18 Å². The molecule has 0 saturated heterocycles. The molecule has 0 bridgehead atoms. The summed E-state index contributed by atoms with van der Waals surface area (Å²) in [6, 6.07) is 5.91. The van der Waals surface area contributed by atoms with Crippen LogP contribution < -0.4 is 0 Å². The molecule has 0 aliphatic carbocycles. The summed E-state index contributed by atoms with van der Waals surface area (Å²) in [5.74, 6) is -0.360. The normalized spacial score (nSPS) is 10.4.